The molecule has 0 radical (unpaired) electrons. The van der Waals surface area contributed by atoms with E-state index < -0.39 is 11.7 Å². The van der Waals surface area contributed by atoms with Crippen LogP contribution in [0.25, 0.3) is 0 Å². The summed E-state index contributed by atoms with van der Waals surface area (Å²) in [6, 6.07) is 12.6. The molecular formula is C22H26ClNO4. The first kappa shape index (κ1) is 20.3. The second kappa shape index (κ2) is 8.31. The zero-order chi connectivity index (χ0) is 20.3. The van der Waals surface area contributed by atoms with Crippen LogP contribution in [0.15, 0.2) is 42.5 Å². The number of nitrogens with one attached hydrogen (secondary N) is 1. The van der Waals surface area contributed by atoms with Crippen LogP contribution in [0.2, 0.25) is 5.02 Å². The van der Waals surface area contributed by atoms with Gasteiger partial charge in [-0.05, 0) is 50.6 Å². The zero-order valence-electron chi connectivity index (χ0n) is 16.6. The molecule has 0 spiro atoms. The van der Waals surface area contributed by atoms with Crippen LogP contribution in [-0.4, -0.2) is 24.7 Å². The molecule has 1 aliphatic rings. The topological polar surface area (TPSA) is 56.8 Å². The Labute approximate surface area is 170 Å². The summed E-state index contributed by atoms with van der Waals surface area (Å²) in [5, 5.41) is 3.71. The van der Waals surface area contributed by atoms with Crippen LogP contribution in [-0.2, 0) is 4.79 Å². The van der Waals surface area contributed by atoms with Crippen molar-refractivity contribution in [1.82, 2.24) is 5.32 Å². The molecule has 28 heavy (non-hydrogen) atoms. The highest BCUT2D eigenvalue weighted by Gasteiger charge is 2.36. The fourth-order valence-corrected chi connectivity index (χ4v) is 3.56. The van der Waals surface area contributed by atoms with Gasteiger partial charge in [0.2, 0.25) is 0 Å². The average Bonchev–Trinajstić information content (AvgIpc) is 2.64. The molecule has 1 aliphatic heterocycles. The smallest absolute Gasteiger partial charge is 0.261 e. The lowest BCUT2D eigenvalue weighted by atomic mass is 9.89. The first-order valence-electron chi connectivity index (χ1n) is 9.41. The van der Waals surface area contributed by atoms with E-state index in [1.54, 1.807) is 31.4 Å². The Kier molecular flexibility index (Phi) is 6.04. The molecular weight excluding hydrogens is 378 g/mol. The Morgan fingerprint density at radius 1 is 1.29 bits per heavy atom. The number of halogens is 1. The van der Waals surface area contributed by atoms with Crippen LogP contribution in [0, 0.1) is 0 Å². The monoisotopic (exact) mass is 403 g/mol. The van der Waals surface area contributed by atoms with Gasteiger partial charge < -0.3 is 19.5 Å². The van der Waals surface area contributed by atoms with Crippen molar-refractivity contribution in [2.24, 2.45) is 0 Å². The van der Waals surface area contributed by atoms with Crippen LogP contribution in [0.3, 0.4) is 0 Å². The van der Waals surface area contributed by atoms with Gasteiger partial charge in [0.25, 0.3) is 5.91 Å². The summed E-state index contributed by atoms with van der Waals surface area (Å²) in [5.41, 5.74) is 0.526. The lowest BCUT2D eigenvalue weighted by molar-refractivity contribution is -0.129. The van der Waals surface area contributed by atoms with E-state index in [-0.39, 0.29) is 11.9 Å². The van der Waals surface area contributed by atoms with Crippen LogP contribution in [0.1, 0.15) is 45.2 Å². The lowest BCUT2D eigenvalue weighted by Crippen LogP contribution is -2.45. The first-order chi connectivity index (χ1) is 13.3. The Hall–Kier alpha value is -2.40. The van der Waals surface area contributed by atoms with Gasteiger partial charge in [-0.3, -0.25) is 4.79 Å². The van der Waals surface area contributed by atoms with E-state index in [0.29, 0.717) is 23.6 Å². The van der Waals surface area contributed by atoms with Crippen molar-refractivity contribution in [2.75, 3.05) is 7.11 Å². The second-order valence-corrected chi connectivity index (χ2v) is 7.94. The predicted octanol–water partition coefficient (Wildman–Crippen LogP) is 4.92. The zero-order valence-corrected chi connectivity index (χ0v) is 17.4. The maximum absolute atomic E-state index is 12.9. The molecule has 2 aromatic carbocycles. The number of hydrogen-bond donors (Lipinski definition) is 1. The molecule has 2 atom stereocenters. The van der Waals surface area contributed by atoms with Crippen LogP contribution in [0.4, 0.5) is 0 Å². The van der Waals surface area contributed by atoms with E-state index >= 15 is 0 Å². The van der Waals surface area contributed by atoms with Crippen molar-refractivity contribution in [3.8, 4) is 17.2 Å². The minimum atomic E-state index is -0.605. The average molecular weight is 404 g/mol. The van der Waals surface area contributed by atoms with Crippen molar-refractivity contribution < 1.29 is 19.0 Å². The Morgan fingerprint density at radius 3 is 2.75 bits per heavy atom. The maximum atomic E-state index is 12.9. The third-order valence-corrected chi connectivity index (χ3v) is 4.97. The molecule has 0 aliphatic carbocycles. The Balaban J connectivity index is 1.78. The molecule has 0 saturated carbocycles. The second-order valence-electron chi connectivity index (χ2n) is 7.50. The fraction of sp³-hybridized carbons (Fsp3) is 0.409. The number of carbonyl (C=O) groups is 1. The highest BCUT2D eigenvalue weighted by atomic mass is 35.5. The molecule has 0 saturated heterocycles. The van der Waals surface area contributed by atoms with Crippen LogP contribution >= 0.6 is 11.6 Å². The molecule has 5 nitrogen and oxygen atoms in total. The normalized spacial score (nSPS) is 18.4. The van der Waals surface area contributed by atoms with Crippen LogP contribution in [0.5, 0.6) is 17.2 Å². The van der Waals surface area contributed by atoms with Crippen molar-refractivity contribution >= 4 is 17.5 Å². The quantitative estimate of drug-likeness (QED) is 0.743. The molecule has 0 bridgehead atoms. The van der Waals surface area contributed by atoms with Gasteiger partial charge in [0, 0.05) is 23.1 Å². The summed E-state index contributed by atoms with van der Waals surface area (Å²) in [4.78, 5) is 12.9. The highest BCUT2D eigenvalue weighted by molar-refractivity contribution is 6.30. The number of methoxy groups -OCH3 is 1. The van der Waals surface area contributed by atoms with Gasteiger partial charge >= 0.3 is 0 Å². The summed E-state index contributed by atoms with van der Waals surface area (Å²) < 4.78 is 17.3. The molecule has 2 aromatic rings. The van der Waals surface area contributed by atoms with E-state index in [9.17, 15) is 4.79 Å². The molecule has 0 unspecified atom stereocenters. The number of amides is 1. The summed E-state index contributed by atoms with van der Waals surface area (Å²) in [6.07, 6.45) is 0.595. The van der Waals surface area contributed by atoms with Crippen molar-refractivity contribution in [1.29, 1.82) is 0 Å². The van der Waals surface area contributed by atoms with Crippen molar-refractivity contribution in [2.45, 2.75) is 51.4 Å². The maximum Gasteiger partial charge on any atom is 0.261 e. The van der Waals surface area contributed by atoms with Gasteiger partial charge in [0.1, 0.15) is 22.8 Å². The molecule has 3 rings (SSSR count). The number of ether oxygens (including phenoxy) is 3. The number of carbonyl (C=O) groups excluding carboxylic acids is 1. The van der Waals surface area contributed by atoms with Crippen molar-refractivity contribution in [3.05, 3.63) is 53.1 Å². The third kappa shape index (κ3) is 4.71. The lowest BCUT2D eigenvalue weighted by Gasteiger charge is -2.38. The first-order valence-corrected chi connectivity index (χ1v) is 9.78. The molecule has 1 heterocycles. The molecule has 1 amide bonds. The van der Waals surface area contributed by atoms with Gasteiger partial charge in [0.15, 0.2) is 6.10 Å². The number of benzene rings is 2. The Morgan fingerprint density at radius 2 is 2.07 bits per heavy atom. The van der Waals surface area contributed by atoms with Gasteiger partial charge in [-0.25, -0.2) is 0 Å². The van der Waals surface area contributed by atoms with E-state index in [1.165, 1.54) is 0 Å². The van der Waals surface area contributed by atoms with Gasteiger partial charge in [-0.2, -0.15) is 0 Å². The van der Waals surface area contributed by atoms with Crippen molar-refractivity contribution in [3.63, 3.8) is 0 Å². The number of hydrogen-bond acceptors (Lipinski definition) is 4. The largest absolute Gasteiger partial charge is 0.497 e. The van der Waals surface area contributed by atoms with Crippen LogP contribution < -0.4 is 19.5 Å². The van der Waals surface area contributed by atoms with Gasteiger partial charge in [0.05, 0.1) is 13.2 Å². The minimum Gasteiger partial charge on any atom is -0.497 e. The van der Waals surface area contributed by atoms with Gasteiger partial charge in [-0.1, -0.05) is 24.6 Å². The molecule has 150 valence electrons. The van der Waals surface area contributed by atoms with E-state index in [2.05, 4.69) is 5.32 Å². The predicted molar refractivity (Wildman–Crippen MR) is 109 cm³/mol. The Bertz CT molecular complexity index is 852. The molecule has 0 aromatic heterocycles. The van der Waals surface area contributed by atoms with E-state index in [0.717, 1.165) is 17.1 Å². The molecule has 1 N–H and O–H groups in total. The highest BCUT2D eigenvalue weighted by Crippen LogP contribution is 2.41. The SMILES string of the molecule is CC[C@H](Oc1cccc(Cl)c1)C(=O)N[C@H]1CC(C)(C)Oc2cc(OC)ccc21. The fourth-order valence-electron chi connectivity index (χ4n) is 3.38. The third-order valence-electron chi connectivity index (χ3n) is 4.73. The number of fused-ring (bicyclic) bond motifs is 1. The van der Waals surface area contributed by atoms with E-state index in [4.69, 9.17) is 25.8 Å². The summed E-state index contributed by atoms with van der Waals surface area (Å²) in [7, 11) is 1.62. The number of rotatable bonds is 6. The summed E-state index contributed by atoms with van der Waals surface area (Å²) >= 11 is 6.01. The molecule has 0 fully saturated rings. The van der Waals surface area contributed by atoms with E-state index in [1.807, 2.05) is 39.0 Å². The summed E-state index contributed by atoms with van der Waals surface area (Å²) in [5.74, 6) is 1.86. The summed E-state index contributed by atoms with van der Waals surface area (Å²) in [6.45, 7) is 5.93. The van der Waals surface area contributed by atoms with Gasteiger partial charge in [-0.15, -0.1) is 0 Å². The molecule has 6 heteroatoms. The standard InChI is InChI=1S/C22H26ClNO4/c1-5-19(27-16-8-6-7-14(23)11-16)21(25)24-18-13-22(2,3)28-20-12-15(26-4)9-10-17(18)20/h6-12,18-19H,5,13H2,1-4H3,(H,24,25)/t18-,19-/m0/s1. The minimum absolute atomic E-state index is 0.160.